The van der Waals surface area contributed by atoms with Gasteiger partial charge in [0.15, 0.2) is 5.13 Å². The number of thiazole rings is 1. The van der Waals surface area contributed by atoms with Crippen LogP contribution in [0.15, 0.2) is 66.2 Å². The number of nitrogens with zero attached hydrogens (tertiary/aromatic N) is 2. The third kappa shape index (κ3) is 4.10. The Morgan fingerprint density at radius 2 is 1.95 bits per heavy atom. The monoisotopic (exact) mass is 546 g/mol. The fourth-order valence-corrected chi connectivity index (χ4v) is 6.11. The van der Waals surface area contributed by atoms with Crippen LogP contribution in [0.2, 0.25) is 5.02 Å². The molecule has 1 N–H and O–H groups in total. The van der Waals surface area contributed by atoms with Gasteiger partial charge in [-0.25, -0.2) is 4.98 Å². The van der Waals surface area contributed by atoms with Gasteiger partial charge in [0.25, 0.3) is 5.78 Å². The second-order valence-electron chi connectivity index (χ2n) is 9.23. The lowest BCUT2D eigenvalue weighted by molar-refractivity contribution is -0.132. The number of ketones is 1. The summed E-state index contributed by atoms with van der Waals surface area (Å²) < 4.78 is 12.2. The molecule has 0 unspecified atom stereocenters. The minimum Gasteiger partial charge on any atom is -0.507 e. The molecule has 1 amide bonds. The quantitative estimate of drug-likeness (QED) is 0.179. The molecule has 1 aromatic heterocycles. The lowest BCUT2D eigenvalue weighted by Crippen LogP contribution is -2.29. The third-order valence-corrected chi connectivity index (χ3v) is 7.93. The average molecular weight is 547 g/mol. The summed E-state index contributed by atoms with van der Waals surface area (Å²) >= 11 is 7.42. The lowest BCUT2D eigenvalue weighted by atomic mass is 9.94. The van der Waals surface area contributed by atoms with Gasteiger partial charge in [-0.3, -0.25) is 14.5 Å². The van der Waals surface area contributed by atoms with E-state index < -0.39 is 17.7 Å². The number of aromatic nitrogens is 1. The molecule has 192 valence electrons. The van der Waals surface area contributed by atoms with Gasteiger partial charge in [0.05, 0.1) is 28.4 Å². The molecule has 0 radical (unpaired) electrons. The standard InChI is InChI=1S/C29H23ClN2O5S/c1-3-36-20-9-10-21-23(14-20)38-29(31-21)32-25(16-4-7-19(30)8-5-16)24(27(34)28(32)35)26(33)17-6-11-22-18(13-17)12-15(2)37-22/h4-11,13-15,25,33H,3,12H2,1-2H3/b26-24+/t15-,25-/m1/s1. The SMILES string of the molecule is CCOc1ccc2nc(N3C(=O)C(=O)/C(=C(/O)c4ccc5c(c4)C[C@@H](C)O5)[C@H]3c3ccc(Cl)cc3)sc2c1. The van der Waals surface area contributed by atoms with Crippen molar-refractivity contribution in [1.29, 1.82) is 0 Å². The highest BCUT2D eigenvalue weighted by atomic mass is 35.5. The third-order valence-electron chi connectivity index (χ3n) is 6.67. The highest BCUT2D eigenvalue weighted by molar-refractivity contribution is 7.22. The van der Waals surface area contributed by atoms with E-state index >= 15 is 0 Å². The highest BCUT2D eigenvalue weighted by Gasteiger charge is 2.48. The molecule has 2 aliphatic heterocycles. The Morgan fingerprint density at radius 3 is 2.71 bits per heavy atom. The van der Waals surface area contributed by atoms with Gasteiger partial charge in [0.1, 0.15) is 23.4 Å². The molecule has 0 aliphatic carbocycles. The molecule has 9 heteroatoms. The van der Waals surface area contributed by atoms with Crippen LogP contribution < -0.4 is 14.4 Å². The number of ether oxygens (including phenoxy) is 2. The van der Waals surface area contributed by atoms with Crippen LogP contribution in [0.5, 0.6) is 11.5 Å². The van der Waals surface area contributed by atoms with Crippen molar-refractivity contribution in [2.75, 3.05) is 11.5 Å². The zero-order chi connectivity index (χ0) is 26.6. The molecule has 0 spiro atoms. The minimum absolute atomic E-state index is 0.00139. The van der Waals surface area contributed by atoms with E-state index in [9.17, 15) is 14.7 Å². The van der Waals surface area contributed by atoms with E-state index in [-0.39, 0.29) is 17.4 Å². The molecular formula is C29H23ClN2O5S. The summed E-state index contributed by atoms with van der Waals surface area (Å²) in [7, 11) is 0. The maximum Gasteiger partial charge on any atom is 0.301 e. The van der Waals surface area contributed by atoms with Crippen molar-refractivity contribution in [2.45, 2.75) is 32.4 Å². The zero-order valence-electron chi connectivity index (χ0n) is 20.6. The van der Waals surface area contributed by atoms with Crippen LogP contribution in [0.1, 0.15) is 36.6 Å². The largest absolute Gasteiger partial charge is 0.507 e. The van der Waals surface area contributed by atoms with Crippen molar-refractivity contribution in [3.05, 3.63) is 87.9 Å². The summed E-state index contributed by atoms with van der Waals surface area (Å²) in [5.74, 6) is -0.325. The maximum absolute atomic E-state index is 13.5. The lowest BCUT2D eigenvalue weighted by Gasteiger charge is -2.23. The van der Waals surface area contributed by atoms with E-state index in [1.165, 1.54) is 16.2 Å². The number of carbonyl (C=O) groups is 2. The van der Waals surface area contributed by atoms with Crippen molar-refractivity contribution in [2.24, 2.45) is 0 Å². The fourth-order valence-electron chi connectivity index (χ4n) is 4.97. The number of hydrogen-bond donors (Lipinski definition) is 1. The van der Waals surface area contributed by atoms with E-state index in [2.05, 4.69) is 4.98 Å². The highest BCUT2D eigenvalue weighted by Crippen LogP contribution is 2.45. The molecule has 1 fully saturated rings. The molecule has 2 aliphatic rings. The Bertz CT molecular complexity index is 1630. The van der Waals surface area contributed by atoms with Crippen LogP contribution in [0, 0.1) is 0 Å². The zero-order valence-corrected chi connectivity index (χ0v) is 22.2. The molecule has 4 aromatic rings. The van der Waals surface area contributed by atoms with Gasteiger partial charge < -0.3 is 14.6 Å². The number of benzene rings is 3. The van der Waals surface area contributed by atoms with E-state index in [1.54, 1.807) is 36.4 Å². The number of Topliss-reactive ketones (excluding diaryl/α,β-unsaturated/α-hetero) is 1. The Labute approximate surface area is 227 Å². The number of fused-ring (bicyclic) bond motifs is 2. The predicted molar refractivity (Wildman–Crippen MR) is 147 cm³/mol. The molecule has 1 saturated heterocycles. The topological polar surface area (TPSA) is 89.0 Å². The van der Waals surface area contributed by atoms with E-state index in [0.717, 1.165) is 16.0 Å². The number of aliphatic hydroxyl groups excluding tert-OH is 1. The number of anilines is 1. The van der Waals surface area contributed by atoms with Crippen LogP contribution in [-0.2, 0) is 16.0 Å². The first-order chi connectivity index (χ1) is 18.3. The summed E-state index contributed by atoms with van der Waals surface area (Å²) in [6.45, 7) is 4.40. The summed E-state index contributed by atoms with van der Waals surface area (Å²) in [6.07, 6.45) is 0.727. The van der Waals surface area contributed by atoms with E-state index in [1.807, 2.05) is 38.1 Å². The Balaban J connectivity index is 1.50. The molecule has 0 bridgehead atoms. The summed E-state index contributed by atoms with van der Waals surface area (Å²) in [5.41, 5.74) is 2.69. The van der Waals surface area contributed by atoms with Gasteiger partial charge in [0.2, 0.25) is 0 Å². The smallest absolute Gasteiger partial charge is 0.301 e. The van der Waals surface area contributed by atoms with Crippen molar-refractivity contribution in [1.82, 2.24) is 4.98 Å². The van der Waals surface area contributed by atoms with Crippen LogP contribution in [0.25, 0.3) is 16.0 Å². The Hall–Kier alpha value is -3.88. The summed E-state index contributed by atoms with van der Waals surface area (Å²) in [5, 5.41) is 12.3. The number of aliphatic hydroxyl groups is 1. The number of rotatable bonds is 5. The molecule has 7 nitrogen and oxygen atoms in total. The van der Waals surface area contributed by atoms with Crippen molar-refractivity contribution in [3.63, 3.8) is 0 Å². The minimum atomic E-state index is -0.886. The second-order valence-corrected chi connectivity index (χ2v) is 10.7. The first-order valence-electron chi connectivity index (χ1n) is 12.2. The Kier molecular flexibility index (Phi) is 6.08. The van der Waals surface area contributed by atoms with Gasteiger partial charge in [-0.15, -0.1) is 0 Å². The molecule has 2 atom stereocenters. The van der Waals surface area contributed by atoms with E-state index in [0.29, 0.717) is 45.6 Å². The number of amides is 1. The second kappa shape index (κ2) is 9.45. The number of halogens is 1. The van der Waals surface area contributed by atoms with Gasteiger partial charge in [-0.2, -0.15) is 0 Å². The van der Waals surface area contributed by atoms with Crippen LogP contribution in [0.3, 0.4) is 0 Å². The van der Waals surface area contributed by atoms with Crippen molar-refractivity contribution < 1.29 is 24.2 Å². The predicted octanol–water partition coefficient (Wildman–Crippen LogP) is 6.30. The molecular weight excluding hydrogens is 524 g/mol. The first kappa shape index (κ1) is 24.5. The fraction of sp³-hybridized carbons (Fsp3) is 0.207. The molecule has 0 saturated carbocycles. The molecule has 6 rings (SSSR count). The summed E-state index contributed by atoms with van der Waals surface area (Å²) in [4.78, 5) is 33.0. The van der Waals surface area contributed by atoms with Gasteiger partial charge in [-0.1, -0.05) is 35.1 Å². The van der Waals surface area contributed by atoms with Gasteiger partial charge in [0, 0.05) is 17.0 Å². The van der Waals surface area contributed by atoms with Crippen LogP contribution >= 0.6 is 22.9 Å². The van der Waals surface area contributed by atoms with Crippen molar-refractivity contribution in [3.8, 4) is 11.5 Å². The molecule has 38 heavy (non-hydrogen) atoms. The van der Waals surface area contributed by atoms with Crippen LogP contribution in [0.4, 0.5) is 5.13 Å². The normalized spacial score (nSPS) is 20.1. The average Bonchev–Trinajstić information content (AvgIpc) is 3.56. The Morgan fingerprint density at radius 1 is 1.16 bits per heavy atom. The number of hydrogen-bond acceptors (Lipinski definition) is 7. The van der Waals surface area contributed by atoms with Crippen molar-refractivity contribution >= 4 is 55.7 Å². The molecule has 3 heterocycles. The first-order valence-corrected chi connectivity index (χ1v) is 13.4. The maximum atomic E-state index is 13.5. The van der Waals surface area contributed by atoms with Crippen LogP contribution in [-0.4, -0.2) is 34.5 Å². The van der Waals surface area contributed by atoms with Gasteiger partial charge in [-0.05, 0) is 73.5 Å². The van der Waals surface area contributed by atoms with E-state index in [4.69, 9.17) is 21.1 Å². The number of carbonyl (C=O) groups excluding carboxylic acids is 2. The summed E-state index contributed by atoms with van der Waals surface area (Å²) in [6, 6.07) is 16.8. The molecule has 3 aromatic carbocycles. The van der Waals surface area contributed by atoms with Gasteiger partial charge >= 0.3 is 5.91 Å².